The first-order chi connectivity index (χ1) is 8.47. The molecule has 0 aliphatic rings. The van der Waals surface area contributed by atoms with Crippen LogP contribution in [0.25, 0.3) is 0 Å². The van der Waals surface area contributed by atoms with Crippen LogP contribution in [0, 0.1) is 32.1 Å². The van der Waals surface area contributed by atoms with Crippen LogP contribution in [0.5, 0.6) is 5.75 Å². The molecule has 0 unspecified atom stereocenters. The minimum atomic E-state index is -0.429. The van der Waals surface area contributed by atoms with Crippen molar-refractivity contribution in [1.82, 2.24) is 4.90 Å². The summed E-state index contributed by atoms with van der Waals surface area (Å²) < 4.78 is 5.39. The highest BCUT2D eigenvalue weighted by molar-refractivity contribution is 5.71. The molecule has 4 nitrogen and oxygen atoms in total. The molecule has 0 spiro atoms. The number of benzene rings is 1. The Morgan fingerprint density at radius 2 is 1.94 bits per heavy atom. The quantitative estimate of drug-likeness (QED) is 0.823. The van der Waals surface area contributed by atoms with E-state index in [1.165, 1.54) is 4.90 Å². The summed E-state index contributed by atoms with van der Waals surface area (Å²) in [5.74, 6) is 0.615. The minimum absolute atomic E-state index is 0.303. The van der Waals surface area contributed by atoms with Gasteiger partial charge in [-0.3, -0.25) is 0 Å². The van der Waals surface area contributed by atoms with Crippen molar-refractivity contribution < 1.29 is 9.53 Å². The van der Waals surface area contributed by atoms with Gasteiger partial charge in [0.1, 0.15) is 5.75 Å². The number of hydrogen-bond acceptors (Lipinski definition) is 3. The maximum Gasteiger partial charge on any atom is 0.415 e. The van der Waals surface area contributed by atoms with Crippen LogP contribution in [0.15, 0.2) is 12.1 Å². The van der Waals surface area contributed by atoms with Gasteiger partial charge in [-0.05, 0) is 37.5 Å². The monoisotopic (exact) mass is 246 g/mol. The molecule has 0 saturated heterocycles. The largest absolute Gasteiger partial charge is 0.415 e. The number of nitriles is 1. The molecule has 0 aromatic heterocycles. The zero-order chi connectivity index (χ0) is 13.7. The van der Waals surface area contributed by atoms with Gasteiger partial charge in [0.25, 0.3) is 0 Å². The lowest BCUT2D eigenvalue weighted by atomic mass is 10.1. The van der Waals surface area contributed by atoms with Crippen molar-refractivity contribution in [1.29, 1.82) is 5.26 Å². The molecule has 0 N–H and O–H groups in total. The topological polar surface area (TPSA) is 53.3 Å². The van der Waals surface area contributed by atoms with Crippen molar-refractivity contribution in [2.45, 2.75) is 27.2 Å². The van der Waals surface area contributed by atoms with Crippen LogP contribution in [0.4, 0.5) is 4.79 Å². The minimum Gasteiger partial charge on any atom is -0.410 e. The average molecular weight is 246 g/mol. The highest BCUT2D eigenvalue weighted by atomic mass is 16.6. The Morgan fingerprint density at radius 3 is 2.56 bits per heavy atom. The SMILES string of the molecule is Cc1ccc(C)c(OC(=O)N(C)CCC#N)c1C. The van der Waals surface area contributed by atoms with E-state index in [4.69, 9.17) is 10.00 Å². The number of rotatable bonds is 3. The Balaban J connectivity index is 2.82. The Morgan fingerprint density at radius 1 is 1.33 bits per heavy atom. The molecule has 96 valence electrons. The molecular formula is C14H18N2O2. The fourth-order valence-electron chi connectivity index (χ4n) is 1.56. The third-order valence-electron chi connectivity index (χ3n) is 2.93. The first kappa shape index (κ1) is 14.0. The van der Waals surface area contributed by atoms with Gasteiger partial charge >= 0.3 is 6.09 Å². The first-order valence-electron chi connectivity index (χ1n) is 5.84. The van der Waals surface area contributed by atoms with Gasteiger partial charge in [-0.1, -0.05) is 12.1 Å². The number of hydrogen-bond donors (Lipinski definition) is 0. The third kappa shape index (κ3) is 3.24. The highest BCUT2D eigenvalue weighted by Gasteiger charge is 2.14. The van der Waals surface area contributed by atoms with Crippen LogP contribution >= 0.6 is 0 Å². The van der Waals surface area contributed by atoms with Gasteiger partial charge in [-0.25, -0.2) is 4.79 Å². The standard InChI is InChI=1S/C14H18N2O2/c1-10-6-7-11(2)13(12(10)3)18-14(17)16(4)9-5-8-15/h6-7H,5,9H2,1-4H3. The van der Waals surface area contributed by atoms with Crippen LogP contribution in [0.2, 0.25) is 0 Å². The van der Waals surface area contributed by atoms with Crippen molar-refractivity contribution in [2.75, 3.05) is 13.6 Å². The number of nitrogens with zero attached hydrogens (tertiary/aromatic N) is 2. The van der Waals surface area contributed by atoms with E-state index in [9.17, 15) is 4.79 Å². The number of amides is 1. The molecular weight excluding hydrogens is 228 g/mol. The molecule has 0 aliphatic heterocycles. The summed E-state index contributed by atoms with van der Waals surface area (Å²) in [7, 11) is 1.63. The van der Waals surface area contributed by atoms with E-state index in [2.05, 4.69) is 0 Å². The number of ether oxygens (including phenoxy) is 1. The molecule has 1 aromatic carbocycles. The highest BCUT2D eigenvalue weighted by Crippen LogP contribution is 2.26. The summed E-state index contributed by atoms with van der Waals surface area (Å²) in [4.78, 5) is 13.2. The molecule has 0 bridgehead atoms. The molecule has 0 fully saturated rings. The summed E-state index contributed by atoms with van der Waals surface area (Å²) in [6, 6.07) is 5.93. The van der Waals surface area contributed by atoms with Crippen molar-refractivity contribution >= 4 is 6.09 Å². The summed E-state index contributed by atoms with van der Waals surface area (Å²) in [5, 5.41) is 8.48. The fourth-order valence-corrected chi connectivity index (χ4v) is 1.56. The van der Waals surface area contributed by atoms with E-state index in [0.29, 0.717) is 18.7 Å². The number of carbonyl (C=O) groups excluding carboxylic acids is 1. The molecule has 0 atom stereocenters. The van der Waals surface area contributed by atoms with Gasteiger partial charge in [0.15, 0.2) is 0 Å². The van der Waals surface area contributed by atoms with Gasteiger partial charge in [0.2, 0.25) is 0 Å². The van der Waals surface area contributed by atoms with Crippen molar-refractivity contribution in [3.05, 3.63) is 28.8 Å². The van der Waals surface area contributed by atoms with E-state index in [1.54, 1.807) is 7.05 Å². The molecule has 4 heteroatoms. The van der Waals surface area contributed by atoms with E-state index in [1.807, 2.05) is 39.0 Å². The second kappa shape index (κ2) is 6.06. The molecule has 0 heterocycles. The van der Waals surface area contributed by atoms with Gasteiger partial charge < -0.3 is 9.64 Å². The van der Waals surface area contributed by atoms with Crippen LogP contribution in [0.3, 0.4) is 0 Å². The van der Waals surface area contributed by atoms with Crippen molar-refractivity contribution in [3.8, 4) is 11.8 Å². The zero-order valence-electron chi connectivity index (χ0n) is 11.3. The molecule has 1 amide bonds. The molecule has 1 rings (SSSR count). The Kier molecular flexibility index (Phi) is 4.73. The Labute approximate surface area is 108 Å². The predicted octanol–water partition coefficient (Wildman–Crippen LogP) is 2.96. The number of carbonyl (C=O) groups is 1. The smallest absolute Gasteiger partial charge is 0.410 e. The molecule has 0 aliphatic carbocycles. The molecule has 18 heavy (non-hydrogen) atoms. The first-order valence-corrected chi connectivity index (χ1v) is 5.84. The van der Waals surface area contributed by atoms with Gasteiger partial charge in [0, 0.05) is 13.6 Å². The van der Waals surface area contributed by atoms with E-state index >= 15 is 0 Å². The van der Waals surface area contributed by atoms with Crippen molar-refractivity contribution in [3.63, 3.8) is 0 Å². The van der Waals surface area contributed by atoms with Gasteiger partial charge in [0.05, 0.1) is 12.5 Å². The van der Waals surface area contributed by atoms with Crippen LogP contribution in [0.1, 0.15) is 23.1 Å². The van der Waals surface area contributed by atoms with Crippen molar-refractivity contribution in [2.24, 2.45) is 0 Å². The molecule has 0 saturated carbocycles. The second-order valence-electron chi connectivity index (χ2n) is 4.35. The Bertz CT molecular complexity index is 489. The van der Waals surface area contributed by atoms with Gasteiger partial charge in [-0.2, -0.15) is 5.26 Å². The lowest BCUT2D eigenvalue weighted by Crippen LogP contribution is -2.30. The predicted molar refractivity (Wildman–Crippen MR) is 69.5 cm³/mol. The lowest BCUT2D eigenvalue weighted by Gasteiger charge is -2.18. The summed E-state index contributed by atoms with van der Waals surface area (Å²) in [5.41, 5.74) is 2.99. The normalized spacial score (nSPS) is 9.72. The van der Waals surface area contributed by atoms with Crippen LogP contribution < -0.4 is 4.74 Å². The molecule has 0 radical (unpaired) electrons. The van der Waals surface area contributed by atoms with E-state index in [-0.39, 0.29) is 0 Å². The maximum atomic E-state index is 11.8. The summed E-state index contributed by atoms with van der Waals surface area (Å²) >= 11 is 0. The van der Waals surface area contributed by atoms with Gasteiger partial charge in [-0.15, -0.1) is 0 Å². The van der Waals surface area contributed by atoms with Crippen LogP contribution in [-0.2, 0) is 0 Å². The van der Waals surface area contributed by atoms with Crippen LogP contribution in [-0.4, -0.2) is 24.6 Å². The maximum absolute atomic E-state index is 11.8. The average Bonchev–Trinajstić information content (AvgIpc) is 2.36. The lowest BCUT2D eigenvalue weighted by molar-refractivity contribution is 0.163. The fraction of sp³-hybridized carbons (Fsp3) is 0.429. The number of aryl methyl sites for hydroxylation is 2. The Hall–Kier alpha value is -2.02. The third-order valence-corrected chi connectivity index (χ3v) is 2.93. The zero-order valence-corrected chi connectivity index (χ0v) is 11.3. The second-order valence-corrected chi connectivity index (χ2v) is 4.35. The summed E-state index contributed by atoms with van der Waals surface area (Å²) in [6.07, 6.45) is -0.126. The van der Waals surface area contributed by atoms with E-state index in [0.717, 1.165) is 16.7 Å². The summed E-state index contributed by atoms with van der Waals surface area (Å²) in [6.45, 7) is 6.19. The molecule has 1 aromatic rings. The van der Waals surface area contributed by atoms with E-state index < -0.39 is 6.09 Å².